The second-order valence-corrected chi connectivity index (χ2v) is 6.76. The Labute approximate surface area is 120 Å². The van der Waals surface area contributed by atoms with E-state index in [-0.39, 0.29) is 17.2 Å². The minimum absolute atomic E-state index is 0.237. The fourth-order valence-electron chi connectivity index (χ4n) is 3.52. The molecule has 0 saturated carbocycles. The number of carbonyl (C=O) groups excluding carboxylic acids is 2. The van der Waals surface area contributed by atoms with Crippen LogP contribution in [0.15, 0.2) is 0 Å². The van der Waals surface area contributed by atoms with E-state index in [0.29, 0.717) is 25.6 Å². The SMILES string of the molecule is CC1(C(=O)N2CCC[C@@H](CN3CCCC3=O)C2)COC1. The number of nitrogens with zero attached hydrogens (tertiary/aromatic N) is 2. The minimum atomic E-state index is -0.300. The Balaban J connectivity index is 1.56. The highest BCUT2D eigenvalue weighted by atomic mass is 16.5. The van der Waals surface area contributed by atoms with Gasteiger partial charge in [0.25, 0.3) is 0 Å². The van der Waals surface area contributed by atoms with Crippen molar-refractivity contribution in [3.05, 3.63) is 0 Å². The molecular weight excluding hydrogens is 256 g/mol. The smallest absolute Gasteiger partial charge is 0.233 e. The summed E-state index contributed by atoms with van der Waals surface area (Å²) in [7, 11) is 0. The average molecular weight is 280 g/mol. The molecule has 3 aliphatic rings. The van der Waals surface area contributed by atoms with Crippen molar-refractivity contribution in [2.75, 3.05) is 39.4 Å². The zero-order valence-electron chi connectivity index (χ0n) is 12.3. The van der Waals surface area contributed by atoms with Crippen molar-refractivity contribution in [2.24, 2.45) is 11.3 Å². The molecule has 0 N–H and O–H groups in total. The fourth-order valence-corrected chi connectivity index (χ4v) is 3.52. The Kier molecular flexibility index (Phi) is 3.71. The van der Waals surface area contributed by atoms with E-state index < -0.39 is 0 Å². The topological polar surface area (TPSA) is 49.9 Å². The molecule has 3 fully saturated rings. The van der Waals surface area contributed by atoms with Gasteiger partial charge in [0.2, 0.25) is 11.8 Å². The van der Waals surface area contributed by atoms with Crippen LogP contribution in [-0.2, 0) is 14.3 Å². The molecular formula is C15H24N2O3. The molecule has 1 atom stereocenters. The van der Waals surface area contributed by atoms with Gasteiger partial charge in [0.05, 0.1) is 18.6 Å². The monoisotopic (exact) mass is 280 g/mol. The quantitative estimate of drug-likeness (QED) is 0.771. The van der Waals surface area contributed by atoms with Crippen LogP contribution in [0.2, 0.25) is 0 Å². The summed E-state index contributed by atoms with van der Waals surface area (Å²) in [5, 5.41) is 0. The molecule has 3 saturated heterocycles. The summed E-state index contributed by atoms with van der Waals surface area (Å²) in [4.78, 5) is 28.2. The summed E-state index contributed by atoms with van der Waals surface area (Å²) < 4.78 is 5.20. The third kappa shape index (κ3) is 2.55. The highest BCUT2D eigenvalue weighted by Gasteiger charge is 2.44. The van der Waals surface area contributed by atoms with Gasteiger partial charge in [-0.3, -0.25) is 9.59 Å². The number of piperidine rings is 1. The Morgan fingerprint density at radius 2 is 2.15 bits per heavy atom. The summed E-state index contributed by atoms with van der Waals surface area (Å²) in [6.07, 6.45) is 3.87. The molecule has 20 heavy (non-hydrogen) atoms. The summed E-state index contributed by atoms with van der Waals surface area (Å²) in [5.74, 6) is 0.966. The van der Waals surface area contributed by atoms with Crippen LogP contribution in [0.4, 0.5) is 0 Å². The highest BCUT2D eigenvalue weighted by Crippen LogP contribution is 2.31. The average Bonchev–Trinajstić information content (AvgIpc) is 2.81. The van der Waals surface area contributed by atoms with E-state index in [2.05, 4.69) is 0 Å². The first kappa shape index (κ1) is 13.9. The van der Waals surface area contributed by atoms with Crippen LogP contribution in [0, 0.1) is 11.3 Å². The lowest BCUT2D eigenvalue weighted by atomic mass is 9.85. The summed E-state index contributed by atoms with van der Waals surface area (Å²) in [6, 6.07) is 0. The lowest BCUT2D eigenvalue weighted by Crippen LogP contribution is -2.56. The Bertz CT molecular complexity index is 406. The summed E-state index contributed by atoms with van der Waals surface area (Å²) >= 11 is 0. The molecule has 0 aromatic carbocycles. The van der Waals surface area contributed by atoms with Gasteiger partial charge in [-0.1, -0.05) is 0 Å². The van der Waals surface area contributed by atoms with Gasteiger partial charge >= 0.3 is 0 Å². The number of amides is 2. The minimum Gasteiger partial charge on any atom is -0.379 e. The largest absolute Gasteiger partial charge is 0.379 e. The van der Waals surface area contributed by atoms with Crippen LogP contribution < -0.4 is 0 Å². The van der Waals surface area contributed by atoms with E-state index in [0.717, 1.165) is 45.4 Å². The lowest BCUT2D eigenvalue weighted by Gasteiger charge is -2.43. The van der Waals surface area contributed by atoms with Gasteiger partial charge in [0.15, 0.2) is 0 Å². The van der Waals surface area contributed by atoms with Crippen LogP contribution in [0.25, 0.3) is 0 Å². The zero-order valence-corrected chi connectivity index (χ0v) is 12.3. The van der Waals surface area contributed by atoms with Gasteiger partial charge in [-0.05, 0) is 32.1 Å². The predicted octanol–water partition coefficient (Wildman–Crippen LogP) is 0.884. The second-order valence-electron chi connectivity index (χ2n) is 6.76. The number of carbonyl (C=O) groups is 2. The molecule has 0 spiro atoms. The van der Waals surface area contributed by atoms with Gasteiger partial charge in [0, 0.05) is 32.6 Å². The molecule has 0 radical (unpaired) electrons. The number of likely N-dealkylation sites (tertiary alicyclic amines) is 2. The number of ether oxygens (including phenoxy) is 1. The molecule has 5 heteroatoms. The fraction of sp³-hybridized carbons (Fsp3) is 0.867. The van der Waals surface area contributed by atoms with Crippen molar-refractivity contribution < 1.29 is 14.3 Å². The van der Waals surface area contributed by atoms with Crippen LogP contribution in [0.5, 0.6) is 0 Å². The molecule has 0 bridgehead atoms. The number of hydrogen-bond acceptors (Lipinski definition) is 3. The summed E-state index contributed by atoms with van der Waals surface area (Å²) in [5.41, 5.74) is -0.300. The molecule has 0 aliphatic carbocycles. The maximum absolute atomic E-state index is 12.5. The molecule has 3 heterocycles. The molecule has 112 valence electrons. The third-order valence-corrected chi connectivity index (χ3v) is 4.81. The van der Waals surface area contributed by atoms with E-state index in [1.165, 1.54) is 0 Å². The maximum atomic E-state index is 12.5. The zero-order chi connectivity index (χ0) is 14.2. The molecule has 2 amide bonds. The molecule has 5 nitrogen and oxygen atoms in total. The van der Waals surface area contributed by atoms with Crippen LogP contribution >= 0.6 is 0 Å². The summed E-state index contributed by atoms with van der Waals surface area (Å²) in [6.45, 7) is 6.49. The molecule has 0 aromatic rings. The van der Waals surface area contributed by atoms with Crippen LogP contribution in [-0.4, -0.2) is 61.0 Å². The van der Waals surface area contributed by atoms with Crippen molar-refractivity contribution >= 4 is 11.8 Å². The molecule has 3 aliphatic heterocycles. The third-order valence-electron chi connectivity index (χ3n) is 4.81. The van der Waals surface area contributed by atoms with E-state index in [1.54, 1.807) is 0 Å². The van der Waals surface area contributed by atoms with E-state index >= 15 is 0 Å². The van der Waals surface area contributed by atoms with Crippen LogP contribution in [0.3, 0.4) is 0 Å². The predicted molar refractivity (Wildman–Crippen MR) is 74.0 cm³/mol. The van der Waals surface area contributed by atoms with Crippen molar-refractivity contribution in [1.82, 2.24) is 9.80 Å². The maximum Gasteiger partial charge on any atom is 0.233 e. The first-order valence-electron chi connectivity index (χ1n) is 7.73. The highest BCUT2D eigenvalue weighted by molar-refractivity contribution is 5.83. The number of rotatable bonds is 3. The Morgan fingerprint density at radius 3 is 2.75 bits per heavy atom. The Hall–Kier alpha value is -1.10. The molecule has 0 aromatic heterocycles. The molecule has 3 rings (SSSR count). The normalized spacial score (nSPS) is 29.4. The van der Waals surface area contributed by atoms with Crippen molar-refractivity contribution in [3.63, 3.8) is 0 Å². The van der Waals surface area contributed by atoms with Gasteiger partial charge in [-0.2, -0.15) is 0 Å². The van der Waals surface area contributed by atoms with Gasteiger partial charge < -0.3 is 14.5 Å². The van der Waals surface area contributed by atoms with Gasteiger partial charge in [-0.25, -0.2) is 0 Å². The first-order chi connectivity index (χ1) is 9.58. The van der Waals surface area contributed by atoms with E-state index in [1.807, 2.05) is 16.7 Å². The van der Waals surface area contributed by atoms with Crippen LogP contribution in [0.1, 0.15) is 32.6 Å². The Morgan fingerprint density at radius 1 is 1.35 bits per heavy atom. The van der Waals surface area contributed by atoms with Gasteiger partial charge in [-0.15, -0.1) is 0 Å². The molecule has 0 unspecified atom stereocenters. The number of hydrogen-bond donors (Lipinski definition) is 0. The van der Waals surface area contributed by atoms with Crippen molar-refractivity contribution in [1.29, 1.82) is 0 Å². The first-order valence-corrected chi connectivity index (χ1v) is 7.73. The standard InChI is InChI=1S/C15H24N2O3/c1-15(10-20-11-15)14(19)17-7-2-4-12(9-17)8-16-6-3-5-13(16)18/h12H,2-11H2,1H3/t12-/m0/s1. The van der Waals surface area contributed by atoms with E-state index in [9.17, 15) is 9.59 Å². The van der Waals surface area contributed by atoms with Crippen molar-refractivity contribution in [2.45, 2.75) is 32.6 Å². The second kappa shape index (κ2) is 5.35. The van der Waals surface area contributed by atoms with E-state index in [4.69, 9.17) is 4.74 Å². The van der Waals surface area contributed by atoms with Crippen molar-refractivity contribution in [3.8, 4) is 0 Å². The van der Waals surface area contributed by atoms with Gasteiger partial charge in [0.1, 0.15) is 0 Å². The lowest BCUT2D eigenvalue weighted by molar-refractivity contribution is -0.170.